The van der Waals surface area contributed by atoms with Crippen LogP contribution in [0.1, 0.15) is 37.0 Å². The second kappa shape index (κ2) is 10.6. The number of anilines is 1. The molecule has 2 aromatic carbocycles. The number of carbonyl (C=O) groups excluding carboxylic acids is 1. The maximum atomic E-state index is 11.3. The molecule has 140 valence electrons. The third-order valence-corrected chi connectivity index (χ3v) is 4.29. The highest BCUT2D eigenvalue weighted by atomic mass is 16.5. The topological polar surface area (TPSA) is 47.6 Å². The predicted molar refractivity (Wildman–Crippen MR) is 106 cm³/mol. The molecule has 2 aromatic rings. The van der Waals surface area contributed by atoms with Crippen molar-refractivity contribution in [3.8, 4) is 5.75 Å². The third-order valence-electron chi connectivity index (χ3n) is 4.29. The lowest BCUT2D eigenvalue weighted by molar-refractivity contribution is -0.114. The van der Waals surface area contributed by atoms with Gasteiger partial charge < -0.3 is 14.8 Å². The zero-order valence-corrected chi connectivity index (χ0v) is 16.0. The first kappa shape index (κ1) is 20.0. The van der Waals surface area contributed by atoms with Gasteiger partial charge in [-0.05, 0) is 54.5 Å². The lowest BCUT2D eigenvalue weighted by atomic mass is 10.00. The Hall–Kier alpha value is -2.33. The monoisotopic (exact) mass is 355 g/mol. The van der Waals surface area contributed by atoms with Crippen molar-refractivity contribution in [1.82, 2.24) is 0 Å². The Kier molecular flexibility index (Phi) is 8.16. The molecule has 0 saturated heterocycles. The van der Waals surface area contributed by atoms with Crippen molar-refractivity contribution < 1.29 is 14.3 Å². The Morgan fingerprint density at radius 3 is 2.58 bits per heavy atom. The average molecular weight is 355 g/mol. The molecule has 26 heavy (non-hydrogen) atoms. The van der Waals surface area contributed by atoms with Gasteiger partial charge in [0.05, 0.1) is 6.61 Å². The summed E-state index contributed by atoms with van der Waals surface area (Å²) >= 11 is 0. The van der Waals surface area contributed by atoms with Crippen LogP contribution in [0.15, 0.2) is 42.5 Å². The first-order chi connectivity index (χ1) is 12.6. The molecule has 0 unspecified atom stereocenters. The normalized spacial score (nSPS) is 10.6. The quantitative estimate of drug-likeness (QED) is 0.642. The van der Waals surface area contributed by atoms with E-state index in [-0.39, 0.29) is 5.91 Å². The first-order valence-corrected chi connectivity index (χ1v) is 9.23. The van der Waals surface area contributed by atoms with Crippen LogP contribution >= 0.6 is 0 Å². The minimum absolute atomic E-state index is 0.0301. The van der Waals surface area contributed by atoms with Crippen LogP contribution in [0, 0.1) is 0 Å². The Balaban J connectivity index is 1.94. The highest BCUT2D eigenvalue weighted by Gasteiger charge is 2.06. The summed E-state index contributed by atoms with van der Waals surface area (Å²) in [5.41, 5.74) is 4.63. The molecule has 0 heterocycles. The van der Waals surface area contributed by atoms with E-state index < -0.39 is 0 Å². The van der Waals surface area contributed by atoms with Crippen molar-refractivity contribution in [3.63, 3.8) is 0 Å². The van der Waals surface area contributed by atoms with Crippen LogP contribution in [0.2, 0.25) is 0 Å². The number of benzene rings is 2. The predicted octanol–water partition coefficient (Wildman–Crippen LogP) is 4.41. The molecule has 2 rings (SSSR count). The molecule has 0 aliphatic rings. The molecule has 0 bridgehead atoms. The summed E-state index contributed by atoms with van der Waals surface area (Å²) in [4.78, 5) is 11.3. The number of aryl methyl sites for hydroxylation is 3. The van der Waals surface area contributed by atoms with Gasteiger partial charge in [0.25, 0.3) is 0 Å². The van der Waals surface area contributed by atoms with E-state index in [2.05, 4.69) is 36.5 Å². The van der Waals surface area contributed by atoms with E-state index in [9.17, 15) is 4.79 Å². The number of hydrogen-bond acceptors (Lipinski definition) is 3. The molecule has 0 spiro atoms. The van der Waals surface area contributed by atoms with Gasteiger partial charge in [0.2, 0.25) is 5.91 Å². The summed E-state index contributed by atoms with van der Waals surface area (Å²) in [5, 5.41) is 2.90. The van der Waals surface area contributed by atoms with Gasteiger partial charge in [-0.3, -0.25) is 4.79 Å². The molecule has 0 aromatic heterocycles. The van der Waals surface area contributed by atoms with E-state index in [1.807, 2.05) is 18.2 Å². The SMILES string of the molecule is CCc1cc(CCCc2ccccc2OCCOC)ccc1NC(C)=O. The van der Waals surface area contributed by atoms with E-state index in [0.29, 0.717) is 13.2 Å². The van der Waals surface area contributed by atoms with Gasteiger partial charge in [0.15, 0.2) is 0 Å². The van der Waals surface area contributed by atoms with Crippen LogP contribution in [0.3, 0.4) is 0 Å². The van der Waals surface area contributed by atoms with Gasteiger partial charge in [-0.2, -0.15) is 0 Å². The minimum Gasteiger partial charge on any atom is -0.491 e. The van der Waals surface area contributed by atoms with Gasteiger partial charge in [0.1, 0.15) is 12.4 Å². The van der Waals surface area contributed by atoms with Gasteiger partial charge in [0, 0.05) is 19.7 Å². The van der Waals surface area contributed by atoms with E-state index in [1.165, 1.54) is 16.7 Å². The van der Waals surface area contributed by atoms with Gasteiger partial charge in [-0.1, -0.05) is 37.3 Å². The van der Waals surface area contributed by atoms with Crippen molar-refractivity contribution >= 4 is 11.6 Å². The highest BCUT2D eigenvalue weighted by molar-refractivity contribution is 5.89. The van der Waals surface area contributed by atoms with Crippen LogP contribution in [-0.2, 0) is 28.8 Å². The number of para-hydroxylation sites is 1. The maximum absolute atomic E-state index is 11.3. The molecule has 1 amide bonds. The van der Waals surface area contributed by atoms with Gasteiger partial charge >= 0.3 is 0 Å². The average Bonchev–Trinajstić information content (AvgIpc) is 2.64. The highest BCUT2D eigenvalue weighted by Crippen LogP contribution is 2.22. The van der Waals surface area contributed by atoms with E-state index in [1.54, 1.807) is 14.0 Å². The van der Waals surface area contributed by atoms with Crippen molar-refractivity contribution in [2.45, 2.75) is 39.5 Å². The first-order valence-electron chi connectivity index (χ1n) is 9.23. The number of nitrogens with one attached hydrogen (secondary N) is 1. The second-order valence-electron chi connectivity index (χ2n) is 6.33. The Morgan fingerprint density at radius 2 is 1.85 bits per heavy atom. The molecule has 1 N–H and O–H groups in total. The fourth-order valence-electron chi connectivity index (χ4n) is 2.98. The van der Waals surface area contributed by atoms with Crippen LogP contribution in [0.4, 0.5) is 5.69 Å². The van der Waals surface area contributed by atoms with Crippen molar-refractivity contribution in [2.75, 3.05) is 25.6 Å². The largest absolute Gasteiger partial charge is 0.491 e. The van der Waals surface area contributed by atoms with Gasteiger partial charge in [-0.15, -0.1) is 0 Å². The van der Waals surface area contributed by atoms with E-state index in [4.69, 9.17) is 9.47 Å². The van der Waals surface area contributed by atoms with Crippen LogP contribution < -0.4 is 10.1 Å². The lowest BCUT2D eigenvalue weighted by Crippen LogP contribution is -2.08. The molecule has 0 radical (unpaired) electrons. The molecular weight excluding hydrogens is 326 g/mol. The molecule has 0 saturated carbocycles. The number of ether oxygens (including phenoxy) is 2. The number of rotatable bonds is 10. The molecular formula is C22H29NO3. The van der Waals surface area contributed by atoms with Crippen molar-refractivity contribution in [2.24, 2.45) is 0 Å². The lowest BCUT2D eigenvalue weighted by Gasteiger charge is -2.12. The zero-order chi connectivity index (χ0) is 18.8. The Bertz CT molecular complexity index is 712. The van der Waals surface area contributed by atoms with Crippen molar-refractivity contribution in [3.05, 3.63) is 59.2 Å². The van der Waals surface area contributed by atoms with E-state index >= 15 is 0 Å². The van der Waals surface area contributed by atoms with Gasteiger partial charge in [-0.25, -0.2) is 0 Å². The van der Waals surface area contributed by atoms with Crippen LogP contribution in [0.5, 0.6) is 5.75 Å². The second-order valence-corrected chi connectivity index (χ2v) is 6.33. The molecule has 4 heteroatoms. The Labute approximate surface area is 156 Å². The Morgan fingerprint density at radius 1 is 1.04 bits per heavy atom. The summed E-state index contributed by atoms with van der Waals surface area (Å²) in [6, 6.07) is 14.5. The van der Waals surface area contributed by atoms with Crippen LogP contribution in [-0.4, -0.2) is 26.2 Å². The van der Waals surface area contributed by atoms with E-state index in [0.717, 1.165) is 37.1 Å². The smallest absolute Gasteiger partial charge is 0.221 e. The standard InChI is InChI=1S/C22H29NO3/c1-4-19-16-18(12-13-21(19)23-17(2)24)8-7-10-20-9-5-6-11-22(20)26-15-14-25-3/h5-6,9,11-13,16H,4,7-8,10,14-15H2,1-3H3,(H,23,24). The summed E-state index contributed by atoms with van der Waals surface area (Å²) < 4.78 is 10.9. The molecule has 0 atom stereocenters. The fourth-order valence-corrected chi connectivity index (χ4v) is 2.98. The summed E-state index contributed by atoms with van der Waals surface area (Å²) in [7, 11) is 1.68. The number of carbonyl (C=O) groups is 1. The third kappa shape index (κ3) is 6.19. The number of amides is 1. The zero-order valence-electron chi connectivity index (χ0n) is 16.0. The maximum Gasteiger partial charge on any atom is 0.221 e. The number of hydrogen-bond donors (Lipinski definition) is 1. The summed E-state index contributed by atoms with van der Waals surface area (Å²) in [5.74, 6) is 0.914. The molecule has 0 aliphatic carbocycles. The molecule has 4 nitrogen and oxygen atoms in total. The van der Waals surface area contributed by atoms with Crippen molar-refractivity contribution in [1.29, 1.82) is 0 Å². The summed E-state index contributed by atoms with van der Waals surface area (Å²) in [6.45, 7) is 4.81. The fraction of sp³-hybridized carbons (Fsp3) is 0.409. The molecule has 0 fully saturated rings. The minimum atomic E-state index is -0.0301. The molecule has 0 aliphatic heterocycles. The number of methoxy groups -OCH3 is 1. The summed E-state index contributed by atoms with van der Waals surface area (Å²) in [6.07, 6.45) is 3.92. The van der Waals surface area contributed by atoms with Crippen LogP contribution in [0.25, 0.3) is 0 Å².